The molecule has 3 amide bonds. The molecule has 4 N–H and O–H groups in total. The molecule has 8 nitrogen and oxygen atoms in total. The highest BCUT2D eigenvalue weighted by Crippen LogP contribution is 2.15. The summed E-state index contributed by atoms with van der Waals surface area (Å²) in [5, 5.41) is 22.6. The van der Waals surface area contributed by atoms with Crippen molar-refractivity contribution in [1.82, 2.24) is 10.6 Å². The Bertz CT molecular complexity index is 515. The van der Waals surface area contributed by atoms with Crippen LogP contribution in [0.1, 0.15) is 10.4 Å². The molecule has 1 rings (SSSR count). The third-order valence-corrected chi connectivity index (χ3v) is 2.67. The van der Waals surface area contributed by atoms with Gasteiger partial charge in [0.2, 0.25) is 5.91 Å². The highest BCUT2D eigenvalue weighted by Gasteiger charge is 2.16. The van der Waals surface area contributed by atoms with Crippen molar-refractivity contribution in [3.8, 4) is 0 Å². The lowest BCUT2D eigenvalue weighted by Crippen LogP contribution is -2.45. The van der Waals surface area contributed by atoms with E-state index in [1.54, 1.807) is 0 Å². The molecule has 0 spiro atoms. The SMILES string of the molecule is CNC(=O)CNC(=O)N(CCO)c1ccc(C(=O)O)cc1. The van der Waals surface area contributed by atoms with E-state index >= 15 is 0 Å². The summed E-state index contributed by atoms with van der Waals surface area (Å²) in [6.07, 6.45) is 0. The number of likely N-dealkylation sites (N-methyl/N-ethyl adjacent to an activating group) is 1. The largest absolute Gasteiger partial charge is 0.478 e. The Morgan fingerprint density at radius 3 is 2.29 bits per heavy atom. The second-order valence-electron chi connectivity index (χ2n) is 4.06. The summed E-state index contributed by atoms with van der Waals surface area (Å²) in [6.45, 7) is -0.440. The van der Waals surface area contributed by atoms with Crippen LogP contribution in [0.5, 0.6) is 0 Å². The number of carbonyl (C=O) groups is 3. The third-order valence-electron chi connectivity index (χ3n) is 2.67. The molecule has 0 saturated heterocycles. The first-order chi connectivity index (χ1) is 9.99. The highest BCUT2D eigenvalue weighted by molar-refractivity contribution is 5.95. The molecule has 1 aromatic carbocycles. The number of amides is 3. The molecule has 0 aliphatic heterocycles. The smallest absolute Gasteiger partial charge is 0.335 e. The van der Waals surface area contributed by atoms with Crippen molar-refractivity contribution in [3.63, 3.8) is 0 Å². The molecule has 1 aromatic rings. The van der Waals surface area contributed by atoms with Crippen LogP contribution in [0.4, 0.5) is 10.5 Å². The number of nitrogens with zero attached hydrogens (tertiary/aromatic N) is 1. The van der Waals surface area contributed by atoms with E-state index < -0.39 is 12.0 Å². The van der Waals surface area contributed by atoms with Gasteiger partial charge in [-0.3, -0.25) is 9.69 Å². The van der Waals surface area contributed by atoms with E-state index in [2.05, 4.69) is 10.6 Å². The van der Waals surface area contributed by atoms with Gasteiger partial charge in [-0.15, -0.1) is 0 Å². The average Bonchev–Trinajstić information content (AvgIpc) is 2.50. The summed E-state index contributed by atoms with van der Waals surface area (Å²) in [5.41, 5.74) is 0.511. The van der Waals surface area contributed by atoms with Gasteiger partial charge in [0.25, 0.3) is 0 Å². The molecule has 0 aliphatic rings. The summed E-state index contributed by atoms with van der Waals surface area (Å²) in [4.78, 5) is 35.1. The monoisotopic (exact) mass is 295 g/mol. The van der Waals surface area contributed by atoms with Crippen LogP contribution in [0.3, 0.4) is 0 Å². The fourth-order valence-corrected chi connectivity index (χ4v) is 1.57. The van der Waals surface area contributed by atoms with Gasteiger partial charge >= 0.3 is 12.0 Å². The zero-order chi connectivity index (χ0) is 15.8. The molecule has 114 valence electrons. The number of aliphatic hydroxyl groups excluding tert-OH is 1. The number of aliphatic hydroxyl groups is 1. The Morgan fingerprint density at radius 1 is 1.19 bits per heavy atom. The Kier molecular flexibility index (Phi) is 6.15. The summed E-state index contributed by atoms with van der Waals surface area (Å²) in [6, 6.07) is 5.06. The average molecular weight is 295 g/mol. The Labute approximate surface area is 121 Å². The molecule has 0 fully saturated rings. The van der Waals surface area contributed by atoms with Gasteiger partial charge < -0.3 is 20.8 Å². The molecule has 21 heavy (non-hydrogen) atoms. The molecule has 0 unspecified atom stereocenters. The predicted octanol–water partition coefficient (Wildman–Crippen LogP) is -0.361. The maximum atomic E-state index is 12.0. The first-order valence-electron chi connectivity index (χ1n) is 6.19. The van der Waals surface area contributed by atoms with Gasteiger partial charge in [-0.1, -0.05) is 0 Å². The first kappa shape index (κ1) is 16.4. The number of hydrogen-bond donors (Lipinski definition) is 4. The van der Waals surface area contributed by atoms with Gasteiger partial charge in [-0.2, -0.15) is 0 Å². The number of hydrogen-bond acceptors (Lipinski definition) is 4. The van der Waals surface area contributed by atoms with Gasteiger partial charge in [0.15, 0.2) is 0 Å². The van der Waals surface area contributed by atoms with E-state index in [9.17, 15) is 14.4 Å². The summed E-state index contributed by atoms with van der Waals surface area (Å²) in [7, 11) is 1.45. The van der Waals surface area contributed by atoms with Crippen LogP contribution in [0.25, 0.3) is 0 Å². The number of carboxylic acids is 1. The number of urea groups is 1. The van der Waals surface area contributed by atoms with Crippen LogP contribution in [0, 0.1) is 0 Å². The van der Waals surface area contributed by atoms with Gasteiger partial charge in [0.05, 0.1) is 25.3 Å². The summed E-state index contributed by atoms with van der Waals surface area (Å²) in [5.74, 6) is -1.42. The minimum atomic E-state index is -1.07. The summed E-state index contributed by atoms with van der Waals surface area (Å²) < 4.78 is 0. The van der Waals surface area contributed by atoms with E-state index in [1.165, 1.54) is 36.2 Å². The lowest BCUT2D eigenvalue weighted by Gasteiger charge is -2.22. The number of carboxylic acid groups (broad SMARTS) is 1. The van der Waals surface area contributed by atoms with Gasteiger partial charge in [-0.05, 0) is 24.3 Å². The standard InChI is InChI=1S/C13H17N3O5/c1-14-11(18)8-15-13(21)16(6-7-17)10-4-2-9(3-5-10)12(19)20/h2-5,17H,6-8H2,1H3,(H,14,18)(H,15,21)(H,19,20). The van der Waals surface area contributed by atoms with Crippen molar-refractivity contribution in [2.24, 2.45) is 0 Å². The number of nitrogens with one attached hydrogen (secondary N) is 2. The maximum Gasteiger partial charge on any atom is 0.335 e. The molecular formula is C13H17N3O5. The van der Waals surface area contributed by atoms with Crippen LogP contribution < -0.4 is 15.5 Å². The third kappa shape index (κ3) is 4.77. The molecule has 8 heteroatoms. The quantitative estimate of drug-likeness (QED) is 0.571. The van der Waals surface area contributed by atoms with Crippen molar-refractivity contribution >= 4 is 23.6 Å². The summed E-state index contributed by atoms with van der Waals surface area (Å²) >= 11 is 0. The van der Waals surface area contributed by atoms with Crippen molar-refractivity contribution in [2.45, 2.75) is 0 Å². The Balaban J connectivity index is 2.82. The van der Waals surface area contributed by atoms with E-state index in [4.69, 9.17) is 10.2 Å². The minimum Gasteiger partial charge on any atom is -0.478 e. The number of rotatable bonds is 6. The van der Waals surface area contributed by atoms with Crippen LogP contribution in [0.2, 0.25) is 0 Å². The van der Waals surface area contributed by atoms with Gasteiger partial charge in [-0.25, -0.2) is 9.59 Å². The van der Waals surface area contributed by atoms with Crippen LogP contribution in [-0.2, 0) is 4.79 Å². The zero-order valence-electron chi connectivity index (χ0n) is 11.5. The lowest BCUT2D eigenvalue weighted by molar-refractivity contribution is -0.119. The van der Waals surface area contributed by atoms with Crippen LogP contribution in [0.15, 0.2) is 24.3 Å². The molecule has 0 radical (unpaired) electrons. The highest BCUT2D eigenvalue weighted by atomic mass is 16.4. The Hall–Kier alpha value is -2.61. The van der Waals surface area contributed by atoms with Gasteiger partial charge in [0.1, 0.15) is 0 Å². The lowest BCUT2D eigenvalue weighted by atomic mass is 10.2. The molecular weight excluding hydrogens is 278 g/mol. The van der Waals surface area contributed by atoms with Crippen molar-refractivity contribution in [1.29, 1.82) is 0 Å². The van der Waals surface area contributed by atoms with Crippen molar-refractivity contribution in [2.75, 3.05) is 31.6 Å². The second kappa shape index (κ2) is 7.85. The molecule has 0 atom stereocenters. The molecule has 0 aromatic heterocycles. The molecule has 0 saturated carbocycles. The van der Waals surface area contributed by atoms with E-state index in [0.29, 0.717) is 5.69 Å². The topological polar surface area (TPSA) is 119 Å². The second-order valence-corrected chi connectivity index (χ2v) is 4.06. The van der Waals surface area contributed by atoms with Crippen molar-refractivity contribution in [3.05, 3.63) is 29.8 Å². The van der Waals surface area contributed by atoms with Gasteiger partial charge in [0, 0.05) is 12.7 Å². The molecule has 0 bridgehead atoms. The van der Waals surface area contributed by atoms with E-state index in [0.717, 1.165) is 0 Å². The van der Waals surface area contributed by atoms with E-state index in [-0.39, 0.29) is 31.2 Å². The number of carbonyl (C=O) groups excluding carboxylic acids is 2. The number of anilines is 1. The Morgan fingerprint density at radius 2 is 1.81 bits per heavy atom. The van der Waals surface area contributed by atoms with Crippen molar-refractivity contribution < 1.29 is 24.6 Å². The van der Waals surface area contributed by atoms with Crippen LogP contribution >= 0.6 is 0 Å². The zero-order valence-corrected chi connectivity index (χ0v) is 11.5. The molecule has 0 aliphatic carbocycles. The van der Waals surface area contributed by atoms with E-state index in [1.807, 2.05) is 0 Å². The normalized spacial score (nSPS) is 9.81. The maximum absolute atomic E-state index is 12.0. The fourth-order valence-electron chi connectivity index (χ4n) is 1.57. The first-order valence-corrected chi connectivity index (χ1v) is 6.19. The number of aromatic carboxylic acids is 1. The fraction of sp³-hybridized carbons (Fsp3) is 0.308. The minimum absolute atomic E-state index is 0.0198. The molecule has 0 heterocycles. The number of benzene rings is 1. The van der Waals surface area contributed by atoms with Crippen LogP contribution in [-0.4, -0.2) is 54.9 Å². The predicted molar refractivity (Wildman–Crippen MR) is 75.3 cm³/mol.